The minimum absolute atomic E-state index is 0.212. The van der Waals surface area contributed by atoms with E-state index in [-0.39, 0.29) is 12.3 Å². The SMILES string of the molecule is NC(=O)CCCNC(=O)[C@@H]1CC[C@H](C(=O)O)O1. The summed E-state index contributed by atoms with van der Waals surface area (Å²) < 4.78 is 5.06. The molecular weight excluding hydrogens is 228 g/mol. The maximum absolute atomic E-state index is 11.5. The lowest BCUT2D eigenvalue weighted by molar-refractivity contribution is -0.151. The monoisotopic (exact) mass is 244 g/mol. The van der Waals surface area contributed by atoms with Gasteiger partial charge in [0.15, 0.2) is 6.10 Å². The van der Waals surface area contributed by atoms with E-state index in [1.165, 1.54) is 0 Å². The van der Waals surface area contributed by atoms with Gasteiger partial charge in [0.25, 0.3) is 0 Å². The summed E-state index contributed by atoms with van der Waals surface area (Å²) in [6, 6.07) is 0. The number of amides is 2. The normalized spacial score (nSPS) is 23.3. The van der Waals surface area contributed by atoms with Gasteiger partial charge in [-0.3, -0.25) is 9.59 Å². The second-order valence-electron chi connectivity index (χ2n) is 3.89. The molecule has 0 bridgehead atoms. The number of carboxylic acid groups (broad SMARTS) is 1. The minimum atomic E-state index is -1.05. The average molecular weight is 244 g/mol. The lowest BCUT2D eigenvalue weighted by atomic mass is 10.2. The first kappa shape index (κ1) is 13.4. The van der Waals surface area contributed by atoms with Crippen molar-refractivity contribution >= 4 is 17.8 Å². The number of carboxylic acids is 1. The second-order valence-corrected chi connectivity index (χ2v) is 3.89. The first-order valence-corrected chi connectivity index (χ1v) is 5.45. The van der Waals surface area contributed by atoms with Crippen LogP contribution in [0.1, 0.15) is 25.7 Å². The lowest BCUT2D eigenvalue weighted by Gasteiger charge is -2.11. The fraction of sp³-hybridized carbons (Fsp3) is 0.700. The van der Waals surface area contributed by atoms with Crippen molar-refractivity contribution in [2.45, 2.75) is 37.9 Å². The van der Waals surface area contributed by atoms with Crippen molar-refractivity contribution in [1.82, 2.24) is 5.32 Å². The average Bonchev–Trinajstić information content (AvgIpc) is 2.73. The summed E-state index contributed by atoms with van der Waals surface area (Å²) >= 11 is 0. The Labute approximate surface area is 98.3 Å². The fourth-order valence-electron chi connectivity index (χ4n) is 1.60. The number of aliphatic carboxylic acids is 1. The van der Waals surface area contributed by atoms with Gasteiger partial charge in [0, 0.05) is 13.0 Å². The first-order valence-electron chi connectivity index (χ1n) is 5.45. The van der Waals surface area contributed by atoms with Gasteiger partial charge in [-0.2, -0.15) is 0 Å². The number of nitrogens with one attached hydrogen (secondary N) is 1. The summed E-state index contributed by atoms with van der Waals surface area (Å²) in [5.74, 6) is -1.80. The Morgan fingerprint density at radius 1 is 1.29 bits per heavy atom. The molecule has 0 aromatic heterocycles. The third-order valence-electron chi connectivity index (χ3n) is 2.49. The number of rotatable bonds is 6. The molecule has 0 aliphatic carbocycles. The molecule has 1 heterocycles. The number of nitrogens with two attached hydrogens (primary N) is 1. The van der Waals surface area contributed by atoms with Crippen LogP contribution in [-0.2, 0) is 19.1 Å². The Morgan fingerprint density at radius 2 is 1.94 bits per heavy atom. The molecule has 0 spiro atoms. The van der Waals surface area contributed by atoms with Crippen LogP contribution >= 0.6 is 0 Å². The van der Waals surface area contributed by atoms with Crippen LogP contribution in [-0.4, -0.2) is 41.6 Å². The number of hydrogen-bond donors (Lipinski definition) is 3. The van der Waals surface area contributed by atoms with Gasteiger partial charge in [0.2, 0.25) is 11.8 Å². The Hall–Kier alpha value is -1.63. The van der Waals surface area contributed by atoms with Crippen LogP contribution in [0.3, 0.4) is 0 Å². The predicted molar refractivity (Wildman–Crippen MR) is 57.0 cm³/mol. The number of carbonyl (C=O) groups is 3. The zero-order valence-electron chi connectivity index (χ0n) is 9.35. The van der Waals surface area contributed by atoms with Crippen molar-refractivity contribution < 1.29 is 24.2 Å². The Bertz CT molecular complexity index is 318. The third kappa shape index (κ3) is 4.39. The van der Waals surface area contributed by atoms with E-state index in [4.69, 9.17) is 15.6 Å². The van der Waals surface area contributed by atoms with Crippen LogP contribution in [0.25, 0.3) is 0 Å². The molecule has 2 amide bonds. The van der Waals surface area contributed by atoms with Gasteiger partial charge in [-0.1, -0.05) is 0 Å². The standard InChI is InChI=1S/C10H16N2O5/c11-8(13)2-1-5-12-9(14)6-3-4-7(17-6)10(15)16/h6-7H,1-5H2,(H2,11,13)(H,12,14)(H,15,16)/t6-,7+/m0/s1. The van der Waals surface area contributed by atoms with Crippen LogP contribution in [0.15, 0.2) is 0 Å². The first-order chi connectivity index (χ1) is 8.00. The zero-order chi connectivity index (χ0) is 12.8. The van der Waals surface area contributed by atoms with E-state index in [1.54, 1.807) is 0 Å². The quantitative estimate of drug-likeness (QED) is 0.518. The number of carbonyl (C=O) groups excluding carboxylic acids is 2. The molecule has 1 rings (SSSR count). The molecule has 0 aromatic carbocycles. The molecule has 7 heteroatoms. The van der Waals surface area contributed by atoms with Crippen molar-refractivity contribution in [2.24, 2.45) is 5.73 Å². The zero-order valence-corrected chi connectivity index (χ0v) is 9.35. The second kappa shape index (κ2) is 6.19. The van der Waals surface area contributed by atoms with Crippen molar-refractivity contribution in [3.63, 3.8) is 0 Å². The number of hydrogen-bond acceptors (Lipinski definition) is 4. The van der Waals surface area contributed by atoms with Crippen molar-refractivity contribution in [3.05, 3.63) is 0 Å². The van der Waals surface area contributed by atoms with Crippen LogP contribution in [0.2, 0.25) is 0 Å². The molecule has 2 atom stereocenters. The molecule has 17 heavy (non-hydrogen) atoms. The smallest absolute Gasteiger partial charge is 0.332 e. The Balaban J connectivity index is 2.21. The van der Waals surface area contributed by atoms with Gasteiger partial charge in [0.05, 0.1) is 0 Å². The lowest BCUT2D eigenvalue weighted by Crippen LogP contribution is -2.36. The Morgan fingerprint density at radius 3 is 2.47 bits per heavy atom. The molecule has 1 saturated heterocycles. The molecule has 7 nitrogen and oxygen atoms in total. The van der Waals surface area contributed by atoms with E-state index >= 15 is 0 Å². The molecule has 4 N–H and O–H groups in total. The third-order valence-corrected chi connectivity index (χ3v) is 2.49. The maximum Gasteiger partial charge on any atom is 0.332 e. The number of primary amides is 1. The van der Waals surface area contributed by atoms with Crippen LogP contribution < -0.4 is 11.1 Å². The highest BCUT2D eigenvalue weighted by Crippen LogP contribution is 2.19. The van der Waals surface area contributed by atoms with Crippen LogP contribution in [0.4, 0.5) is 0 Å². The Kier molecular flexibility index (Phi) is 4.89. The topological polar surface area (TPSA) is 119 Å². The van der Waals surface area contributed by atoms with Crippen molar-refractivity contribution in [2.75, 3.05) is 6.54 Å². The van der Waals surface area contributed by atoms with E-state index in [2.05, 4.69) is 5.32 Å². The molecule has 96 valence electrons. The summed E-state index contributed by atoms with van der Waals surface area (Å²) in [5.41, 5.74) is 4.94. The molecule has 0 radical (unpaired) electrons. The highest BCUT2D eigenvalue weighted by molar-refractivity contribution is 5.82. The van der Waals surface area contributed by atoms with E-state index < -0.39 is 24.1 Å². The largest absolute Gasteiger partial charge is 0.479 e. The molecule has 0 aromatic rings. The minimum Gasteiger partial charge on any atom is -0.479 e. The predicted octanol–water partition coefficient (Wildman–Crippen LogP) is -1.000. The van der Waals surface area contributed by atoms with Gasteiger partial charge in [-0.15, -0.1) is 0 Å². The highest BCUT2D eigenvalue weighted by Gasteiger charge is 2.34. The maximum atomic E-state index is 11.5. The van der Waals surface area contributed by atoms with E-state index in [0.717, 1.165) is 0 Å². The molecule has 1 aliphatic heterocycles. The van der Waals surface area contributed by atoms with Gasteiger partial charge in [0.1, 0.15) is 6.10 Å². The van der Waals surface area contributed by atoms with E-state index in [0.29, 0.717) is 25.8 Å². The molecule has 1 aliphatic rings. The van der Waals surface area contributed by atoms with Gasteiger partial charge in [-0.25, -0.2) is 4.79 Å². The van der Waals surface area contributed by atoms with E-state index in [9.17, 15) is 14.4 Å². The van der Waals surface area contributed by atoms with Crippen LogP contribution in [0.5, 0.6) is 0 Å². The van der Waals surface area contributed by atoms with Gasteiger partial charge < -0.3 is 20.9 Å². The molecule has 1 fully saturated rings. The summed E-state index contributed by atoms with van der Waals surface area (Å²) in [5, 5.41) is 11.3. The highest BCUT2D eigenvalue weighted by atomic mass is 16.5. The summed E-state index contributed by atoms with van der Waals surface area (Å²) in [7, 11) is 0. The van der Waals surface area contributed by atoms with Crippen LogP contribution in [0, 0.1) is 0 Å². The van der Waals surface area contributed by atoms with Gasteiger partial charge in [-0.05, 0) is 19.3 Å². The number of ether oxygens (including phenoxy) is 1. The summed E-state index contributed by atoms with van der Waals surface area (Å²) in [6.45, 7) is 0.333. The molecular formula is C10H16N2O5. The van der Waals surface area contributed by atoms with E-state index in [1.807, 2.05) is 0 Å². The van der Waals surface area contributed by atoms with Crippen molar-refractivity contribution in [3.8, 4) is 0 Å². The molecule has 0 unspecified atom stereocenters. The summed E-state index contributed by atoms with van der Waals surface area (Å²) in [6.07, 6.45) is -0.173. The molecule has 0 saturated carbocycles. The van der Waals surface area contributed by atoms with Crippen molar-refractivity contribution in [1.29, 1.82) is 0 Å². The summed E-state index contributed by atoms with van der Waals surface area (Å²) in [4.78, 5) is 32.5. The fourth-order valence-corrected chi connectivity index (χ4v) is 1.60. The van der Waals surface area contributed by atoms with Gasteiger partial charge >= 0.3 is 5.97 Å².